The summed E-state index contributed by atoms with van der Waals surface area (Å²) in [5, 5.41) is 0. The maximum atomic E-state index is 13.1. The number of fused-ring (bicyclic) bond motifs is 2. The number of ether oxygens (including phenoxy) is 1. The smallest absolute Gasteiger partial charge is 0.260 e. The highest BCUT2D eigenvalue weighted by molar-refractivity contribution is 6.08. The Hall–Kier alpha value is -2.82. The van der Waals surface area contributed by atoms with Crippen molar-refractivity contribution in [3.63, 3.8) is 0 Å². The Morgan fingerprint density at radius 1 is 1.15 bits per heavy atom. The Kier molecular flexibility index (Phi) is 4.38. The van der Waals surface area contributed by atoms with Gasteiger partial charge in [0.15, 0.2) is 6.61 Å². The maximum absolute atomic E-state index is 13.1. The van der Waals surface area contributed by atoms with Gasteiger partial charge >= 0.3 is 0 Å². The molecule has 2 aromatic carbocycles. The maximum Gasteiger partial charge on any atom is 0.260 e. The van der Waals surface area contributed by atoms with E-state index in [4.69, 9.17) is 4.74 Å². The molecule has 2 aromatic rings. The molecule has 4 rings (SSSR count). The molecule has 1 spiro atoms. The average Bonchev–Trinajstić information content (AvgIpc) is 2.90. The minimum absolute atomic E-state index is 0.00911. The first kappa shape index (κ1) is 17.6. The topological polar surface area (TPSA) is 49.9 Å². The van der Waals surface area contributed by atoms with Gasteiger partial charge < -0.3 is 14.5 Å². The van der Waals surface area contributed by atoms with Crippen molar-refractivity contribution in [2.24, 2.45) is 0 Å². The fourth-order valence-electron chi connectivity index (χ4n) is 4.25. The number of carbonyl (C=O) groups is 2. The first-order chi connectivity index (χ1) is 13.0. The molecule has 0 N–H and O–H groups in total. The number of para-hydroxylation sites is 1. The lowest BCUT2D eigenvalue weighted by molar-refractivity contribution is -0.137. The highest BCUT2D eigenvalue weighted by Crippen LogP contribution is 2.46. The fourth-order valence-corrected chi connectivity index (χ4v) is 4.25. The van der Waals surface area contributed by atoms with Crippen molar-refractivity contribution in [3.8, 4) is 5.75 Å². The van der Waals surface area contributed by atoms with Gasteiger partial charge in [0.1, 0.15) is 5.75 Å². The van der Waals surface area contributed by atoms with Gasteiger partial charge in [0.2, 0.25) is 5.91 Å². The molecule has 0 bridgehead atoms. The first-order valence-corrected chi connectivity index (χ1v) is 9.36. The van der Waals surface area contributed by atoms with Gasteiger partial charge in [0.05, 0.1) is 5.41 Å². The van der Waals surface area contributed by atoms with Crippen molar-refractivity contribution in [1.29, 1.82) is 0 Å². The van der Waals surface area contributed by atoms with Crippen LogP contribution in [-0.4, -0.2) is 43.5 Å². The number of nitrogens with zero attached hydrogens (tertiary/aromatic N) is 2. The van der Waals surface area contributed by atoms with Crippen LogP contribution in [-0.2, 0) is 15.0 Å². The molecule has 1 atom stereocenters. The van der Waals surface area contributed by atoms with Crippen molar-refractivity contribution in [1.82, 2.24) is 4.90 Å². The van der Waals surface area contributed by atoms with Gasteiger partial charge in [-0.1, -0.05) is 35.9 Å². The zero-order valence-electron chi connectivity index (χ0n) is 15.8. The van der Waals surface area contributed by atoms with Gasteiger partial charge in [-0.3, -0.25) is 9.59 Å². The van der Waals surface area contributed by atoms with Crippen LogP contribution in [0.5, 0.6) is 5.75 Å². The summed E-state index contributed by atoms with van der Waals surface area (Å²) in [4.78, 5) is 29.3. The number of aryl methyl sites for hydroxylation is 1. The molecule has 27 heavy (non-hydrogen) atoms. The van der Waals surface area contributed by atoms with Crippen LogP contribution in [0.2, 0.25) is 0 Å². The lowest BCUT2D eigenvalue weighted by atomic mass is 9.75. The number of benzene rings is 2. The zero-order valence-corrected chi connectivity index (χ0v) is 15.8. The molecule has 2 aliphatic heterocycles. The van der Waals surface area contributed by atoms with Crippen LogP contribution in [0.3, 0.4) is 0 Å². The predicted octanol–water partition coefficient (Wildman–Crippen LogP) is 2.91. The van der Waals surface area contributed by atoms with Gasteiger partial charge in [0, 0.05) is 25.8 Å². The van der Waals surface area contributed by atoms with Crippen molar-refractivity contribution in [2.45, 2.75) is 25.2 Å². The fraction of sp³-hybridized carbons (Fsp3) is 0.364. The number of rotatable bonds is 3. The number of piperidine rings is 1. The molecular weight excluding hydrogens is 340 g/mol. The summed E-state index contributed by atoms with van der Waals surface area (Å²) in [6.45, 7) is 3.08. The normalized spacial score (nSPS) is 21.5. The first-order valence-electron chi connectivity index (χ1n) is 9.36. The average molecular weight is 364 g/mol. The SMILES string of the molecule is Cc1ccc(OCC(=O)N2CCC[C@@]3(C2)C(=O)N(C)c2ccccc23)cc1. The zero-order chi connectivity index (χ0) is 19.0. The van der Waals surface area contributed by atoms with Gasteiger partial charge in [-0.15, -0.1) is 0 Å². The van der Waals surface area contributed by atoms with E-state index in [0.717, 1.165) is 29.7 Å². The molecule has 1 saturated heterocycles. The quantitative estimate of drug-likeness (QED) is 0.841. The second-order valence-corrected chi connectivity index (χ2v) is 7.48. The van der Waals surface area contributed by atoms with E-state index in [9.17, 15) is 9.59 Å². The Balaban J connectivity index is 1.50. The molecule has 1 fully saturated rings. The molecule has 0 radical (unpaired) electrons. The molecule has 5 nitrogen and oxygen atoms in total. The number of hydrogen-bond acceptors (Lipinski definition) is 3. The second kappa shape index (κ2) is 6.72. The summed E-state index contributed by atoms with van der Waals surface area (Å²) in [5.41, 5.74) is 2.51. The summed E-state index contributed by atoms with van der Waals surface area (Å²) in [6, 6.07) is 15.6. The summed E-state index contributed by atoms with van der Waals surface area (Å²) in [6.07, 6.45) is 1.58. The predicted molar refractivity (Wildman–Crippen MR) is 104 cm³/mol. The highest BCUT2D eigenvalue weighted by atomic mass is 16.5. The highest BCUT2D eigenvalue weighted by Gasteiger charge is 2.52. The van der Waals surface area contributed by atoms with E-state index < -0.39 is 5.41 Å². The number of likely N-dealkylation sites (tertiary alicyclic amines) is 1. The molecule has 0 saturated carbocycles. The van der Waals surface area contributed by atoms with Crippen LogP contribution in [0, 0.1) is 6.92 Å². The van der Waals surface area contributed by atoms with E-state index in [1.165, 1.54) is 0 Å². The van der Waals surface area contributed by atoms with Crippen molar-refractivity contribution in [3.05, 3.63) is 59.7 Å². The van der Waals surface area contributed by atoms with Crippen molar-refractivity contribution in [2.75, 3.05) is 31.6 Å². The molecule has 0 aromatic heterocycles. The number of anilines is 1. The minimum Gasteiger partial charge on any atom is -0.484 e. The molecule has 2 aliphatic rings. The molecule has 2 heterocycles. The van der Waals surface area contributed by atoms with Crippen LogP contribution >= 0.6 is 0 Å². The Morgan fingerprint density at radius 2 is 1.89 bits per heavy atom. The van der Waals surface area contributed by atoms with E-state index >= 15 is 0 Å². The van der Waals surface area contributed by atoms with Gasteiger partial charge in [-0.25, -0.2) is 0 Å². The monoisotopic (exact) mass is 364 g/mol. The third-order valence-corrected chi connectivity index (χ3v) is 5.72. The van der Waals surface area contributed by atoms with Crippen LogP contribution in [0.15, 0.2) is 48.5 Å². The van der Waals surface area contributed by atoms with Gasteiger partial charge in [-0.05, 0) is 43.5 Å². The molecule has 2 amide bonds. The standard InChI is InChI=1S/C22H24N2O3/c1-16-8-10-17(11-9-16)27-14-20(25)24-13-5-12-22(15-24)18-6-3-4-7-19(18)23(2)21(22)26/h3-4,6-11H,5,12-15H2,1-2H3/t22-/m0/s1. The number of amides is 2. The largest absolute Gasteiger partial charge is 0.484 e. The van der Waals surface area contributed by atoms with E-state index in [-0.39, 0.29) is 18.4 Å². The summed E-state index contributed by atoms with van der Waals surface area (Å²) >= 11 is 0. The molecule has 0 unspecified atom stereocenters. The molecule has 5 heteroatoms. The molecule has 140 valence electrons. The van der Waals surface area contributed by atoms with Crippen LogP contribution in [0.1, 0.15) is 24.0 Å². The lowest BCUT2D eigenvalue weighted by Crippen LogP contribution is -2.53. The Morgan fingerprint density at radius 3 is 2.67 bits per heavy atom. The second-order valence-electron chi connectivity index (χ2n) is 7.48. The van der Waals surface area contributed by atoms with Gasteiger partial charge in [-0.2, -0.15) is 0 Å². The number of carbonyl (C=O) groups excluding carboxylic acids is 2. The van der Waals surface area contributed by atoms with E-state index in [1.807, 2.05) is 62.5 Å². The van der Waals surface area contributed by atoms with E-state index in [2.05, 4.69) is 0 Å². The summed E-state index contributed by atoms with van der Waals surface area (Å²) in [7, 11) is 1.82. The Labute approximate surface area is 159 Å². The summed E-state index contributed by atoms with van der Waals surface area (Å²) in [5.74, 6) is 0.692. The third kappa shape index (κ3) is 2.97. The van der Waals surface area contributed by atoms with Crippen molar-refractivity contribution < 1.29 is 14.3 Å². The number of likely N-dealkylation sites (N-methyl/N-ethyl adjacent to an activating group) is 1. The number of hydrogen-bond donors (Lipinski definition) is 0. The van der Waals surface area contributed by atoms with Crippen LogP contribution in [0.25, 0.3) is 0 Å². The molecule has 0 aliphatic carbocycles. The molecular formula is C22H24N2O3. The lowest BCUT2D eigenvalue weighted by Gasteiger charge is -2.39. The minimum atomic E-state index is -0.622. The van der Waals surface area contributed by atoms with Crippen molar-refractivity contribution >= 4 is 17.5 Å². The van der Waals surface area contributed by atoms with Gasteiger partial charge in [0.25, 0.3) is 5.91 Å². The van der Waals surface area contributed by atoms with E-state index in [1.54, 1.807) is 9.80 Å². The van der Waals surface area contributed by atoms with E-state index in [0.29, 0.717) is 18.8 Å². The van der Waals surface area contributed by atoms with Crippen LogP contribution < -0.4 is 9.64 Å². The van der Waals surface area contributed by atoms with Crippen LogP contribution in [0.4, 0.5) is 5.69 Å². The summed E-state index contributed by atoms with van der Waals surface area (Å²) < 4.78 is 5.66. The third-order valence-electron chi connectivity index (χ3n) is 5.72. The Bertz CT molecular complexity index is 877.